The molecule has 0 radical (unpaired) electrons. The second kappa shape index (κ2) is 5.48. The minimum Gasteiger partial charge on any atom is -0.480 e. The molecule has 108 valence electrons. The number of carboxylic acids is 1. The lowest BCUT2D eigenvalue weighted by atomic mass is 9.81. The van der Waals surface area contributed by atoms with E-state index in [0.29, 0.717) is 24.1 Å². The lowest BCUT2D eigenvalue weighted by Crippen LogP contribution is -2.48. The monoisotopic (exact) mass is 278 g/mol. The zero-order chi connectivity index (χ0) is 14.8. The highest BCUT2D eigenvalue weighted by Gasteiger charge is 2.40. The Bertz CT molecular complexity index is 536. The quantitative estimate of drug-likeness (QED) is 0.652. The van der Waals surface area contributed by atoms with Crippen LogP contribution in [0.1, 0.15) is 37.7 Å². The van der Waals surface area contributed by atoms with Gasteiger partial charge in [0.15, 0.2) is 0 Å². The van der Waals surface area contributed by atoms with Gasteiger partial charge in [-0.25, -0.2) is 4.79 Å². The number of benzene rings is 1. The minimum absolute atomic E-state index is 0.0429. The molecule has 20 heavy (non-hydrogen) atoms. The van der Waals surface area contributed by atoms with Crippen LogP contribution in [-0.2, 0) is 4.79 Å². The fourth-order valence-electron chi connectivity index (χ4n) is 2.81. The first-order valence-electron chi connectivity index (χ1n) is 6.72. The Morgan fingerprint density at radius 1 is 1.35 bits per heavy atom. The summed E-state index contributed by atoms with van der Waals surface area (Å²) in [6.45, 7) is 1.65. The van der Waals surface area contributed by atoms with Gasteiger partial charge in [0, 0.05) is 5.56 Å². The molecule has 0 unspecified atom stereocenters. The molecule has 0 amide bonds. The van der Waals surface area contributed by atoms with Crippen LogP contribution in [0.3, 0.4) is 0 Å². The van der Waals surface area contributed by atoms with Crippen molar-refractivity contribution in [2.45, 2.75) is 44.6 Å². The molecule has 6 heteroatoms. The van der Waals surface area contributed by atoms with Gasteiger partial charge in [0.2, 0.25) is 0 Å². The maximum atomic E-state index is 11.6. The topological polar surface area (TPSA) is 92.5 Å². The van der Waals surface area contributed by atoms with E-state index >= 15 is 0 Å². The highest BCUT2D eigenvalue weighted by molar-refractivity contribution is 5.84. The van der Waals surface area contributed by atoms with E-state index in [4.69, 9.17) is 0 Å². The van der Waals surface area contributed by atoms with E-state index in [1.54, 1.807) is 25.1 Å². The molecular formula is C14H18N2O4. The Labute approximate surface area is 117 Å². The van der Waals surface area contributed by atoms with Gasteiger partial charge in [-0.05, 0) is 25.8 Å². The van der Waals surface area contributed by atoms with Gasteiger partial charge in [0.1, 0.15) is 11.2 Å². The Kier molecular flexibility index (Phi) is 3.92. The maximum Gasteiger partial charge on any atom is 0.329 e. The Morgan fingerprint density at radius 2 is 2.00 bits per heavy atom. The van der Waals surface area contributed by atoms with Crippen molar-refractivity contribution in [2.24, 2.45) is 0 Å². The van der Waals surface area contributed by atoms with Crippen molar-refractivity contribution in [3.05, 3.63) is 33.9 Å². The van der Waals surface area contributed by atoms with Crippen LogP contribution in [0.5, 0.6) is 0 Å². The van der Waals surface area contributed by atoms with Crippen molar-refractivity contribution in [3.8, 4) is 0 Å². The molecule has 1 aromatic rings. The number of carbonyl (C=O) groups is 1. The predicted octanol–water partition coefficient (Wildman–Crippen LogP) is 3.10. The number of nitro benzene ring substituents is 1. The summed E-state index contributed by atoms with van der Waals surface area (Å²) in [5, 5.41) is 23.6. The number of nitrogens with one attached hydrogen (secondary N) is 1. The summed E-state index contributed by atoms with van der Waals surface area (Å²) in [7, 11) is 0. The van der Waals surface area contributed by atoms with E-state index in [9.17, 15) is 20.0 Å². The second-order valence-corrected chi connectivity index (χ2v) is 5.30. The zero-order valence-electron chi connectivity index (χ0n) is 11.4. The number of aliphatic carboxylic acids is 1. The Balaban J connectivity index is 2.39. The van der Waals surface area contributed by atoms with E-state index in [-0.39, 0.29) is 5.69 Å². The molecule has 0 aliphatic heterocycles. The summed E-state index contributed by atoms with van der Waals surface area (Å²) < 4.78 is 0. The normalized spacial score (nSPS) is 17.4. The molecule has 0 heterocycles. The Hall–Kier alpha value is -2.11. The third-order valence-corrected chi connectivity index (χ3v) is 3.91. The van der Waals surface area contributed by atoms with Crippen LogP contribution < -0.4 is 5.32 Å². The van der Waals surface area contributed by atoms with Crippen LogP contribution in [0.25, 0.3) is 0 Å². The van der Waals surface area contributed by atoms with E-state index in [1.807, 2.05) is 0 Å². The van der Waals surface area contributed by atoms with Crippen molar-refractivity contribution in [1.82, 2.24) is 0 Å². The van der Waals surface area contributed by atoms with Crippen molar-refractivity contribution < 1.29 is 14.8 Å². The van der Waals surface area contributed by atoms with Crippen molar-refractivity contribution in [1.29, 1.82) is 0 Å². The fourth-order valence-corrected chi connectivity index (χ4v) is 2.81. The van der Waals surface area contributed by atoms with Crippen LogP contribution in [-0.4, -0.2) is 21.5 Å². The number of para-hydroxylation sites is 1. The predicted molar refractivity (Wildman–Crippen MR) is 74.9 cm³/mol. The van der Waals surface area contributed by atoms with E-state index < -0.39 is 16.4 Å². The molecule has 0 atom stereocenters. The van der Waals surface area contributed by atoms with Gasteiger partial charge in [-0.1, -0.05) is 31.4 Å². The van der Waals surface area contributed by atoms with Gasteiger partial charge in [0.25, 0.3) is 5.69 Å². The van der Waals surface area contributed by atoms with Crippen LogP contribution in [0.15, 0.2) is 18.2 Å². The van der Waals surface area contributed by atoms with Gasteiger partial charge < -0.3 is 10.4 Å². The van der Waals surface area contributed by atoms with Crippen LogP contribution >= 0.6 is 0 Å². The molecule has 0 aromatic heterocycles. The van der Waals surface area contributed by atoms with Crippen molar-refractivity contribution in [3.63, 3.8) is 0 Å². The highest BCUT2D eigenvalue weighted by Crippen LogP contribution is 2.36. The summed E-state index contributed by atoms with van der Waals surface area (Å²) in [4.78, 5) is 22.3. The number of hydrogen-bond donors (Lipinski definition) is 2. The number of aryl methyl sites for hydroxylation is 1. The van der Waals surface area contributed by atoms with Gasteiger partial charge in [0.05, 0.1) is 4.92 Å². The number of hydrogen-bond acceptors (Lipinski definition) is 4. The average Bonchev–Trinajstić information content (AvgIpc) is 2.39. The first-order valence-corrected chi connectivity index (χ1v) is 6.72. The molecule has 1 fully saturated rings. The highest BCUT2D eigenvalue weighted by atomic mass is 16.6. The zero-order valence-corrected chi connectivity index (χ0v) is 11.4. The first-order chi connectivity index (χ1) is 9.46. The summed E-state index contributed by atoms with van der Waals surface area (Å²) in [6.07, 6.45) is 3.63. The first kappa shape index (κ1) is 14.3. The molecule has 6 nitrogen and oxygen atoms in total. The van der Waals surface area contributed by atoms with Gasteiger partial charge in [-0.2, -0.15) is 0 Å². The summed E-state index contributed by atoms with van der Waals surface area (Å²) in [5.41, 5.74) is -0.314. The summed E-state index contributed by atoms with van der Waals surface area (Å²) in [6, 6.07) is 4.92. The molecule has 1 aliphatic carbocycles. The van der Waals surface area contributed by atoms with Crippen LogP contribution in [0, 0.1) is 17.0 Å². The van der Waals surface area contributed by atoms with Crippen LogP contribution in [0.2, 0.25) is 0 Å². The summed E-state index contributed by atoms with van der Waals surface area (Å²) in [5.74, 6) is -0.937. The molecule has 0 saturated heterocycles. The minimum atomic E-state index is -1.09. The number of nitro groups is 1. The molecule has 0 spiro atoms. The third kappa shape index (κ3) is 2.59. The molecule has 1 saturated carbocycles. The van der Waals surface area contributed by atoms with Crippen LogP contribution in [0.4, 0.5) is 11.4 Å². The molecule has 0 bridgehead atoms. The lowest BCUT2D eigenvalue weighted by molar-refractivity contribution is -0.384. The Morgan fingerprint density at radius 3 is 2.55 bits per heavy atom. The number of nitrogens with zero attached hydrogens (tertiary/aromatic N) is 1. The van der Waals surface area contributed by atoms with Gasteiger partial charge in [-0.15, -0.1) is 0 Å². The lowest BCUT2D eigenvalue weighted by Gasteiger charge is -2.34. The van der Waals surface area contributed by atoms with E-state index in [0.717, 1.165) is 19.3 Å². The van der Waals surface area contributed by atoms with E-state index in [2.05, 4.69) is 5.32 Å². The van der Waals surface area contributed by atoms with Crippen molar-refractivity contribution in [2.75, 3.05) is 5.32 Å². The third-order valence-electron chi connectivity index (χ3n) is 3.91. The molecular weight excluding hydrogens is 260 g/mol. The molecule has 1 aromatic carbocycles. The second-order valence-electron chi connectivity index (χ2n) is 5.30. The number of rotatable bonds is 4. The van der Waals surface area contributed by atoms with E-state index in [1.165, 1.54) is 0 Å². The van der Waals surface area contributed by atoms with Gasteiger partial charge in [-0.3, -0.25) is 10.1 Å². The summed E-state index contributed by atoms with van der Waals surface area (Å²) >= 11 is 0. The molecule has 2 rings (SSSR count). The fraction of sp³-hybridized carbons (Fsp3) is 0.500. The van der Waals surface area contributed by atoms with Crippen molar-refractivity contribution >= 4 is 17.3 Å². The van der Waals surface area contributed by atoms with Gasteiger partial charge >= 0.3 is 5.97 Å². The maximum absolute atomic E-state index is 11.6. The standard InChI is InChI=1S/C14H18N2O4/c1-10-6-5-7-11(12(10)16(19)20)15-14(13(17)18)8-3-2-4-9-14/h5-7,15H,2-4,8-9H2,1H3,(H,17,18). The SMILES string of the molecule is Cc1cccc(NC2(C(=O)O)CCCCC2)c1[N+](=O)[O-]. The smallest absolute Gasteiger partial charge is 0.329 e. The molecule has 1 aliphatic rings. The average molecular weight is 278 g/mol. The number of anilines is 1. The number of carboxylic acid groups (broad SMARTS) is 1. The largest absolute Gasteiger partial charge is 0.480 e. The molecule has 2 N–H and O–H groups in total.